The molecule has 2 aromatic rings. The third kappa shape index (κ3) is 4.09. The van der Waals surface area contributed by atoms with E-state index in [0.29, 0.717) is 12.0 Å². The Morgan fingerprint density at radius 1 is 1.05 bits per heavy atom. The van der Waals surface area contributed by atoms with E-state index in [1.165, 1.54) is 16.7 Å². The molecule has 0 heterocycles. The van der Waals surface area contributed by atoms with Crippen molar-refractivity contribution in [2.24, 2.45) is 5.92 Å². The van der Waals surface area contributed by atoms with Gasteiger partial charge < -0.3 is 5.32 Å². The summed E-state index contributed by atoms with van der Waals surface area (Å²) >= 11 is 5.97. The van der Waals surface area contributed by atoms with Gasteiger partial charge in [0.05, 0.1) is 0 Å². The number of nitrogens with one attached hydrogen (secondary N) is 1. The minimum absolute atomic E-state index is 0.341. The Morgan fingerprint density at radius 3 is 2.35 bits per heavy atom. The second kappa shape index (κ2) is 6.92. The highest BCUT2D eigenvalue weighted by Gasteiger charge is 2.15. The number of rotatable bonds is 5. The predicted octanol–water partition coefficient (Wildman–Crippen LogP) is 5.14. The summed E-state index contributed by atoms with van der Waals surface area (Å²) in [4.78, 5) is 0. The van der Waals surface area contributed by atoms with Gasteiger partial charge in [-0.15, -0.1) is 0 Å². The van der Waals surface area contributed by atoms with Crippen LogP contribution in [0, 0.1) is 12.8 Å². The summed E-state index contributed by atoms with van der Waals surface area (Å²) in [5.74, 6) is 0.529. The van der Waals surface area contributed by atoms with Gasteiger partial charge in [-0.1, -0.05) is 67.4 Å². The Bertz CT molecular complexity index is 546. The average molecular weight is 288 g/mol. The second-order valence-corrected chi connectivity index (χ2v) is 6.08. The van der Waals surface area contributed by atoms with E-state index in [1.54, 1.807) is 0 Å². The van der Waals surface area contributed by atoms with Crippen LogP contribution in [-0.4, -0.2) is 0 Å². The summed E-state index contributed by atoms with van der Waals surface area (Å²) in [5.41, 5.74) is 3.92. The van der Waals surface area contributed by atoms with Gasteiger partial charge in [-0.3, -0.25) is 0 Å². The summed E-state index contributed by atoms with van der Waals surface area (Å²) in [6.45, 7) is 7.49. The molecule has 0 amide bonds. The zero-order chi connectivity index (χ0) is 14.5. The monoisotopic (exact) mass is 287 g/mol. The standard InChI is InChI=1S/C18H22ClN/c1-13(2)18(16-7-9-17(19)10-8-16)20-12-15-6-4-5-14(3)11-15/h4-11,13,18,20H,12H2,1-3H3. The largest absolute Gasteiger partial charge is 0.306 e. The van der Waals surface area contributed by atoms with E-state index in [0.717, 1.165) is 11.6 Å². The number of aryl methyl sites for hydroxylation is 1. The van der Waals surface area contributed by atoms with Gasteiger partial charge in [-0.25, -0.2) is 0 Å². The molecule has 0 aliphatic heterocycles. The highest BCUT2D eigenvalue weighted by Crippen LogP contribution is 2.23. The first-order chi connectivity index (χ1) is 9.56. The van der Waals surface area contributed by atoms with E-state index in [4.69, 9.17) is 11.6 Å². The quantitative estimate of drug-likeness (QED) is 0.803. The first-order valence-corrected chi connectivity index (χ1v) is 7.48. The van der Waals surface area contributed by atoms with Gasteiger partial charge >= 0.3 is 0 Å². The van der Waals surface area contributed by atoms with Crippen LogP contribution in [0.25, 0.3) is 0 Å². The van der Waals surface area contributed by atoms with Crippen molar-refractivity contribution in [1.82, 2.24) is 5.32 Å². The number of halogens is 1. The molecule has 2 heteroatoms. The highest BCUT2D eigenvalue weighted by molar-refractivity contribution is 6.30. The van der Waals surface area contributed by atoms with E-state index in [9.17, 15) is 0 Å². The number of hydrogen-bond acceptors (Lipinski definition) is 1. The van der Waals surface area contributed by atoms with E-state index >= 15 is 0 Å². The molecule has 0 spiro atoms. The normalized spacial score (nSPS) is 12.7. The van der Waals surface area contributed by atoms with Crippen molar-refractivity contribution >= 4 is 11.6 Å². The predicted molar refractivity (Wildman–Crippen MR) is 87.0 cm³/mol. The van der Waals surface area contributed by atoms with Crippen molar-refractivity contribution in [2.75, 3.05) is 0 Å². The van der Waals surface area contributed by atoms with Crippen molar-refractivity contribution in [3.05, 3.63) is 70.2 Å². The molecule has 2 aromatic carbocycles. The second-order valence-electron chi connectivity index (χ2n) is 5.64. The van der Waals surface area contributed by atoms with E-state index in [-0.39, 0.29) is 0 Å². The average Bonchev–Trinajstić information content (AvgIpc) is 2.41. The molecule has 0 bridgehead atoms. The molecule has 1 unspecified atom stereocenters. The molecule has 20 heavy (non-hydrogen) atoms. The van der Waals surface area contributed by atoms with Crippen LogP contribution in [0.15, 0.2) is 48.5 Å². The maximum atomic E-state index is 5.97. The number of hydrogen-bond donors (Lipinski definition) is 1. The van der Waals surface area contributed by atoms with Gasteiger partial charge in [-0.2, -0.15) is 0 Å². The molecule has 1 N–H and O–H groups in total. The third-order valence-corrected chi connectivity index (χ3v) is 3.76. The maximum Gasteiger partial charge on any atom is 0.0406 e. The lowest BCUT2D eigenvalue weighted by Gasteiger charge is -2.23. The summed E-state index contributed by atoms with van der Waals surface area (Å²) in [5, 5.41) is 4.44. The van der Waals surface area contributed by atoms with Crippen LogP contribution in [0.5, 0.6) is 0 Å². The van der Waals surface area contributed by atoms with E-state index in [2.05, 4.69) is 62.5 Å². The molecule has 106 valence electrons. The molecule has 0 saturated heterocycles. The van der Waals surface area contributed by atoms with Crippen LogP contribution >= 0.6 is 11.6 Å². The topological polar surface area (TPSA) is 12.0 Å². The van der Waals surface area contributed by atoms with Crippen molar-refractivity contribution in [1.29, 1.82) is 0 Å². The van der Waals surface area contributed by atoms with Crippen LogP contribution in [0.3, 0.4) is 0 Å². The molecule has 0 aliphatic carbocycles. The maximum absolute atomic E-state index is 5.97. The zero-order valence-corrected chi connectivity index (χ0v) is 13.1. The molecular formula is C18H22ClN. The lowest BCUT2D eigenvalue weighted by molar-refractivity contribution is 0.410. The Labute approximate surface area is 127 Å². The minimum atomic E-state index is 0.341. The molecule has 1 atom stereocenters. The fraction of sp³-hybridized carbons (Fsp3) is 0.333. The summed E-state index contributed by atoms with van der Waals surface area (Å²) in [6, 6.07) is 17.1. The van der Waals surface area contributed by atoms with Gasteiger partial charge in [0.25, 0.3) is 0 Å². The third-order valence-electron chi connectivity index (χ3n) is 3.50. The first-order valence-electron chi connectivity index (χ1n) is 7.10. The highest BCUT2D eigenvalue weighted by atomic mass is 35.5. The Kier molecular flexibility index (Phi) is 5.22. The summed E-state index contributed by atoms with van der Waals surface area (Å²) in [6.07, 6.45) is 0. The van der Waals surface area contributed by atoms with Gasteiger partial charge in [0.15, 0.2) is 0 Å². The fourth-order valence-electron chi connectivity index (χ4n) is 2.46. The van der Waals surface area contributed by atoms with Crippen molar-refractivity contribution in [2.45, 2.75) is 33.4 Å². The molecule has 0 aromatic heterocycles. The van der Waals surface area contributed by atoms with Gasteiger partial charge in [0.2, 0.25) is 0 Å². The summed E-state index contributed by atoms with van der Waals surface area (Å²) in [7, 11) is 0. The smallest absolute Gasteiger partial charge is 0.0406 e. The minimum Gasteiger partial charge on any atom is -0.306 e. The lowest BCUT2D eigenvalue weighted by Crippen LogP contribution is -2.25. The molecule has 0 aliphatic rings. The Balaban J connectivity index is 2.08. The van der Waals surface area contributed by atoms with Gasteiger partial charge in [0, 0.05) is 17.6 Å². The van der Waals surface area contributed by atoms with Crippen LogP contribution in [-0.2, 0) is 6.54 Å². The molecule has 0 saturated carbocycles. The molecule has 0 fully saturated rings. The van der Waals surface area contributed by atoms with Crippen molar-refractivity contribution in [3.63, 3.8) is 0 Å². The van der Waals surface area contributed by atoms with Gasteiger partial charge in [-0.05, 0) is 36.1 Å². The fourth-order valence-corrected chi connectivity index (χ4v) is 2.58. The van der Waals surface area contributed by atoms with Crippen LogP contribution in [0.1, 0.15) is 36.6 Å². The van der Waals surface area contributed by atoms with Crippen LogP contribution < -0.4 is 5.32 Å². The first kappa shape index (κ1) is 15.1. The van der Waals surface area contributed by atoms with Crippen molar-refractivity contribution in [3.8, 4) is 0 Å². The van der Waals surface area contributed by atoms with Crippen LogP contribution in [0.2, 0.25) is 5.02 Å². The molecule has 2 rings (SSSR count). The molecule has 1 nitrogen and oxygen atoms in total. The zero-order valence-electron chi connectivity index (χ0n) is 12.4. The lowest BCUT2D eigenvalue weighted by atomic mass is 9.96. The van der Waals surface area contributed by atoms with Crippen molar-refractivity contribution < 1.29 is 0 Å². The molecular weight excluding hydrogens is 266 g/mol. The van der Waals surface area contributed by atoms with E-state index in [1.807, 2.05) is 12.1 Å². The summed E-state index contributed by atoms with van der Waals surface area (Å²) < 4.78 is 0. The van der Waals surface area contributed by atoms with E-state index < -0.39 is 0 Å². The van der Waals surface area contributed by atoms with Gasteiger partial charge in [0.1, 0.15) is 0 Å². The SMILES string of the molecule is Cc1cccc(CNC(c2ccc(Cl)cc2)C(C)C)c1. The molecule has 0 radical (unpaired) electrons. The Morgan fingerprint density at radius 2 is 1.75 bits per heavy atom. The number of benzene rings is 2. The Hall–Kier alpha value is -1.31. The van der Waals surface area contributed by atoms with Crippen LogP contribution in [0.4, 0.5) is 0 Å².